The van der Waals surface area contributed by atoms with E-state index < -0.39 is 0 Å². The summed E-state index contributed by atoms with van der Waals surface area (Å²) in [6.45, 7) is 0.746. The Morgan fingerprint density at radius 3 is 2.83 bits per heavy atom. The average molecular weight is 166 g/mol. The Hall–Kier alpha value is -1.32. The highest BCUT2D eigenvalue weighted by Gasteiger charge is 2.21. The fourth-order valence-electron chi connectivity index (χ4n) is 1.17. The maximum absolute atomic E-state index is 11.1. The first-order valence-electron chi connectivity index (χ1n) is 4.05. The molecule has 1 aliphatic carbocycles. The smallest absolute Gasteiger partial charge is 0.300 e. The summed E-state index contributed by atoms with van der Waals surface area (Å²) in [5, 5.41) is 0. The molecule has 0 aromatic carbocycles. The fourth-order valence-corrected chi connectivity index (χ4v) is 1.17. The number of aromatic amines is 1. The SMILES string of the molecule is O=c1ccn(CC2CC2)c(=O)[nH]1. The van der Waals surface area contributed by atoms with Crippen LogP contribution in [0.15, 0.2) is 21.9 Å². The maximum Gasteiger partial charge on any atom is 0.328 e. The highest BCUT2D eigenvalue weighted by molar-refractivity contribution is 4.84. The minimum absolute atomic E-state index is 0.297. The van der Waals surface area contributed by atoms with Crippen molar-refractivity contribution in [3.63, 3.8) is 0 Å². The highest BCUT2D eigenvalue weighted by Crippen LogP contribution is 2.29. The second kappa shape index (κ2) is 2.62. The molecule has 1 fully saturated rings. The van der Waals surface area contributed by atoms with Crippen LogP contribution in [0.3, 0.4) is 0 Å². The molecule has 12 heavy (non-hydrogen) atoms. The molecule has 1 aromatic rings. The Kier molecular flexibility index (Phi) is 1.60. The molecule has 0 bridgehead atoms. The quantitative estimate of drug-likeness (QED) is 0.669. The molecule has 0 atom stereocenters. The minimum Gasteiger partial charge on any atom is -0.300 e. The van der Waals surface area contributed by atoms with Crippen LogP contribution in [0.1, 0.15) is 12.8 Å². The van der Waals surface area contributed by atoms with Crippen LogP contribution in [0.5, 0.6) is 0 Å². The van der Waals surface area contributed by atoms with Gasteiger partial charge >= 0.3 is 5.69 Å². The zero-order valence-corrected chi connectivity index (χ0v) is 6.62. The van der Waals surface area contributed by atoms with Gasteiger partial charge in [0.1, 0.15) is 0 Å². The number of nitrogens with zero attached hydrogens (tertiary/aromatic N) is 1. The van der Waals surface area contributed by atoms with Gasteiger partial charge in [0.15, 0.2) is 0 Å². The standard InChI is InChI=1S/C8H10N2O2/c11-7-3-4-10(8(12)9-7)5-6-1-2-6/h3-4,6H,1-2,5H2,(H,9,11,12). The zero-order valence-electron chi connectivity index (χ0n) is 6.62. The van der Waals surface area contributed by atoms with Crippen LogP contribution in [-0.2, 0) is 6.54 Å². The molecule has 4 nitrogen and oxygen atoms in total. The largest absolute Gasteiger partial charge is 0.328 e. The van der Waals surface area contributed by atoms with Crippen LogP contribution < -0.4 is 11.2 Å². The van der Waals surface area contributed by atoms with Gasteiger partial charge in [-0.05, 0) is 18.8 Å². The first kappa shape index (κ1) is 7.34. The van der Waals surface area contributed by atoms with Gasteiger partial charge in [-0.3, -0.25) is 9.78 Å². The molecule has 0 saturated heterocycles. The minimum atomic E-state index is -0.327. The van der Waals surface area contributed by atoms with E-state index >= 15 is 0 Å². The van der Waals surface area contributed by atoms with Crippen LogP contribution in [0.25, 0.3) is 0 Å². The molecule has 0 radical (unpaired) electrons. The van der Waals surface area contributed by atoms with Gasteiger partial charge in [0.05, 0.1) is 0 Å². The van der Waals surface area contributed by atoms with Gasteiger partial charge in [0, 0.05) is 18.8 Å². The van der Waals surface area contributed by atoms with E-state index in [0.717, 1.165) is 6.54 Å². The van der Waals surface area contributed by atoms with Crippen LogP contribution in [0, 0.1) is 5.92 Å². The lowest BCUT2D eigenvalue weighted by molar-refractivity contribution is 0.589. The van der Waals surface area contributed by atoms with E-state index in [1.54, 1.807) is 10.8 Å². The Bertz CT molecular complexity index is 387. The summed E-state index contributed by atoms with van der Waals surface area (Å²) >= 11 is 0. The number of hydrogen-bond acceptors (Lipinski definition) is 2. The summed E-state index contributed by atoms with van der Waals surface area (Å²) in [6, 6.07) is 1.38. The molecule has 1 N–H and O–H groups in total. The van der Waals surface area contributed by atoms with Crippen molar-refractivity contribution in [1.29, 1.82) is 0 Å². The Labute approximate surface area is 68.9 Å². The second-order valence-electron chi connectivity index (χ2n) is 3.21. The first-order chi connectivity index (χ1) is 5.75. The molecule has 0 aliphatic heterocycles. The molecule has 1 aromatic heterocycles. The number of hydrogen-bond donors (Lipinski definition) is 1. The molecular formula is C8H10N2O2. The Balaban J connectivity index is 2.30. The molecule has 0 spiro atoms. The van der Waals surface area contributed by atoms with Gasteiger partial charge in [0.25, 0.3) is 5.56 Å². The Morgan fingerprint density at radius 1 is 1.50 bits per heavy atom. The maximum atomic E-state index is 11.1. The predicted molar refractivity (Wildman–Crippen MR) is 44.0 cm³/mol. The zero-order chi connectivity index (χ0) is 8.55. The van der Waals surface area contributed by atoms with Crippen molar-refractivity contribution < 1.29 is 0 Å². The van der Waals surface area contributed by atoms with Crippen LogP contribution in [0.4, 0.5) is 0 Å². The highest BCUT2D eigenvalue weighted by atomic mass is 16.2. The predicted octanol–water partition coefficient (Wildman–Crippen LogP) is -0.0534. The van der Waals surface area contributed by atoms with E-state index in [1.165, 1.54) is 18.9 Å². The molecule has 2 rings (SSSR count). The van der Waals surface area contributed by atoms with Gasteiger partial charge in [-0.25, -0.2) is 4.79 Å². The lowest BCUT2D eigenvalue weighted by atomic mass is 10.4. The topological polar surface area (TPSA) is 54.9 Å². The second-order valence-corrected chi connectivity index (χ2v) is 3.21. The number of rotatable bonds is 2. The van der Waals surface area contributed by atoms with Crippen LogP contribution in [-0.4, -0.2) is 9.55 Å². The molecular weight excluding hydrogens is 156 g/mol. The third-order valence-corrected chi connectivity index (χ3v) is 2.05. The normalized spacial score (nSPS) is 16.3. The van der Waals surface area contributed by atoms with Crippen LogP contribution in [0.2, 0.25) is 0 Å². The van der Waals surface area contributed by atoms with Gasteiger partial charge in [-0.1, -0.05) is 0 Å². The van der Waals surface area contributed by atoms with Crippen molar-refractivity contribution in [2.75, 3.05) is 0 Å². The lowest BCUT2D eigenvalue weighted by Crippen LogP contribution is -2.29. The van der Waals surface area contributed by atoms with Gasteiger partial charge in [-0.2, -0.15) is 0 Å². The molecule has 1 saturated carbocycles. The van der Waals surface area contributed by atoms with E-state index in [2.05, 4.69) is 4.98 Å². The Morgan fingerprint density at radius 2 is 2.25 bits per heavy atom. The first-order valence-corrected chi connectivity index (χ1v) is 4.05. The summed E-state index contributed by atoms with van der Waals surface area (Å²) in [4.78, 5) is 24.0. The summed E-state index contributed by atoms with van der Waals surface area (Å²) < 4.78 is 1.55. The van der Waals surface area contributed by atoms with Crippen LogP contribution >= 0.6 is 0 Å². The van der Waals surface area contributed by atoms with Crippen molar-refractivity contribution in [1.82, 2.24) is 9.55 Å². The summed E-state index contributed by atoms with van der Waals surface area (Å²) in [7, 11) is 0. The van der Waals surface area contributed by atoms with Crippen molar-refractivity contribution in [3.8, 4) is 0 Å². The number of aromatic nitrogens is 2. The fraction of sp³-hybridized carbons (Fsp3) is 0.500. The molecule has 1 heterocycles. The van der Waals surface area contributed by atoms with Crippen molar-refractivity contribution in [2.45, 2.75) is 19.4 Å². The van der Waals surface area contributed by atoms with E-state index in [9.17, 15) is 9.59 Å². The van der Waals surface area contributed by atoms with Gasteiger partial charge < -0.3 is 4.57 Å². The van der Waals surface area contributed by atoms with E-state index in [4.69, 9.17) is 0 Å². The number of nitrogens with one attached hydrogen (secondary N) is 1. The van der Waals surface area contributed by atoms with E-state index in [-0.39, 0.29) is 11.2 Å². The van der Waals surface area contributed by atoms with Crippen molar-refractivity contribution in [3.05, 3.63) is 33.1 Å². The molecule has 1 aliphatic rings. The summed E-state index contributed by atoms with van der Waals surface area (Å²) in [6.07, 6.45) is 3.95. The summed E-state index contributed by atoms with van der Waals surface area (Å²) in [5.74, 6) is 0.647. The third-order valence-electron chi connectivity index (χ3n) is 2.05. The third kappa shape index (κ3) is 1.47. The summed E-state index contributed by atoms with van der Waals surface area (Å²) in [5.41, 5.74) is -0.624. The number of H-pyrrole nitrogens is 1. The van der Waals surface area contributed by atoms with Crippen molar-refractivity contribution >= 4 is 0 Å². The average Bonchev–Trinajstić information content (AvgIpc) is 2.79. The monoisotopic (exact) mass is 166 g/mol. The van der Waals surface area contributed by atoms with E-state index in [0.29, 0.717) is 5.92 Å². The molecule has 0 unspecified atom stereocenters. The van der Waals surface area contributed by atoms with E-state index in [1.807, 2.05) is 0 Å². The molecule has 64 valence electrons. The van der Waals surface area contributed by atoms with Gasteiger partial charge in [-0.15, -0.1) is 0 Å². The van der Waals surface area contributed by atoms with Gasteiger partial charge in [0.2, 0.25) is 0 Å². The molecule has 4 heteroatoms. The van der Waals surface area contributed by atoms with Crippen molar-refractivity contribution in [2.24, 2.45) is 5.92 Å². The molecule has 0 amide bonds. The lowest BCUT2D eigenvalue weighted by Gasteiger charge is -2.00.